The van der Waals surface area contributed by atoms with Crippen molar-refractivity contribution in [3.05, 3.63) is 70.4 Å². The first-order valence-corrected chi connectivity index (χ1v) is 11.5. The van der Waals surface area contributed by atoms with E-state index in [1.165, 1.54) is 0 Å². The highest BCUT2D eigenvalue weighted by Crippen LogP contribution is 2.50. The van der Waals surface area contributed by atoms with Crippen LogP contribution in [-0.2, 0) is 17.5 Å². The number of halogens is 3. The summed E-state index contributed by atoms with van der Waals surface area (Å²) in [4.78, 5) is 23.5. The van der Waals surface area contributed by atoms with Crippen molar-refractivity contribution in [3.63, 3.8) is 0 Å². The van der Waals surface area contributed by atoms with E-state index in [4.69, 9.17) is 4.74 Å². The average molecular weight is 502 g/mol. The number of epoxide rings is 1. The fourth-order valence-corrected chi connectivity index (χ4v) is 4.51. The number of nitrogens with zero attached hydrogens (tertiary/aromatic N) is 5. The first kappa shape index (κ1) is 24.3. The van der Waals surface area contributed by atoms with E-state index in [0.717, 1.165) is 33.8 Å². The van der Waals surface area contributed by atoms with Gasteiger partial charge in [0.05, 0.1) is 17.9 Å². The van der Waals surface area contributed by atoms with Crippen LogP contribution >= 0.6 is 0 Å². The van der Waals surface area contributed by atoms with Crippen molar-refractivity contribution in [2.45, 2.75) is 58.0 Å². The molecular weight excluding hydrogens is 477 g/mol. The van der Waals surface area contributed by atoms with Gasteiger partial charge in [-0.2, -0.15) is 18.3 Å². The lowest BCUT2D eigenvalue weighted by Gasteiger charge is -2.32. The second-order valence-electron chi connectivity index (χ2n) is 9.16. The van der Waals surface area contributed by atoms with Crippen LogP contribution in [0.3, 0.4) is 0 Å². The molecule has 0 radical (unpaired) electrons. The van der Waals surface area contributed by atoms with Crippen molar-refractivity contribution >= 4 is 5.91 Å². The minimum absolute atomic E-state index is 0.116. The van der Waals surface area contributed by atoms with Crippen LogP contribution in [0.4, 0.5) is 13.2 Å². The number of aromatic nitrogens is 4. The molecule has 0 aromatic carbocycles. The normalized spacial score (nSPS) is 20.9. The average Bonchev–Trinajstić information content (AvgIpc) is 3.48. The Bertz CT molecular complexity index is 1310. The topological polar surface area (TPSA) is 109 Å². The number of nitrogens with one attached hydrogen (secondary N) is 1. The SMILES string of the molecule is Cc1cc(C(C)N2Cc3c(ccnc3C(=O)NC[C@@H](C)O)C3OC32)cnc1-n1cc(C(F)(F)F)cn1. The minimum atomic E-state index is -4.48. The van der Waals surface area contributed by atoms with Crippen molar-refractivity contribution in [2.75, 3.05) is 6.54 Å². The Morgan fingerprint density at radius 2 is 2.08 bits per heavy atom. The lowest BCUT2D eigenvalue weighted by atomic mass is 9.96. The van der Waals surface area contributed by atoms with Gasteiger partial charge in [0.15, 0.2) is 5.82 Å². The number of aryl methyl sites for hydroxylation is 1. The van der Waals surface area contributed by atoms with E-state index in [0.29, 0.717) is 23.6 Å². The number of amides is 1. The third-order valence-electron chi connectivity index (χ3n) is 6.49. The molecule has 3 aromatic heterocycles. The number of rotatable bonds is 6. The van der Waals surface area contributed by atoms with E-state index in [1.807, 2.05) is 19.1 Å². The molecule has 1 amide bonds. The number of hydrogen-bond donors (Lipinski definition) is 2. The minimum Gasteiger partial charge on any atom is -0.392 e. The summed E-state index contributed by atoms with van der Waals surface area (Å²) in [6, 6.07) is 3.56. The number of aliphatic hydroxyl groups excluding tert-OH is 1. The van der Waals surface area contributed by atoms with Crippen LogP contribution in [0.25, 0.3) is 5.82 Å². The number of alkyl halides is 3. The molecule has 0 spiro atoms. The maximum absolute atomic E-state index is 13.0. The molecule has 2 aliphatic rings. The molecule has 0 aliphatic carbocycles. The number of pyridine rings is 2. The van der Waals surface area contributed by atoms with Crippen LogP contribution in [0, 0.1) is 6.92 Å². The van der Waals surface area contributed by atoms with Gasteiger partial charge in [0, 0.05) is 43.3 Å². The Morgan fingerprint density at radius 1 is 1.31 bits per heavy atom. The third-order valence-corrected chi connectivity index (χ3v) is 6.49. The third kappa shape index (κ3) is 4.47. The fourth-order valence-electron chi connectivity index (χ4n) is 4.51. The van der Waals surface area contributed by atoms with Gasteiger partial charge in [0.1, 0.15) is 18.0 Å². The molecule has 5 rings (SSSR count). The van der Waals surface area contributed by atoms with Gasteiger partial charge < -0.3 is 15.2 Å². The Kier molecular flexibility index (Phi) is 6.05. The molecule has 36 heavy (non-hydrogen) atoms. The predicted molar refractivity (Wildman–Crippen MR) is 121 cm³/mol. The number of carbonyl (C=O) groups is 1. The second-order valence-corrected chi connectivity index (χ2v) is 9.16. The Balaban J connectivity index is 1.39. The van der Waals surface area contributed by atoms with Gasteiger partial charge in [-0.05, 0) is 49.6 Å². The zero-order valence-electron chi connectivity index (χ0n) is 19.8. The van der Waals surface area contributed by atoms with Gasteiger partial charge >= 0.3 is 6.18 Å². The van der Waals surface area contributed by atoms with Gasteiger partial charge in [-0.3, -0.25) is 14.7 Å². The molecule has 3 unspecified atom stereocenters. The molecule has 190 valence electrons. The molecule has 2 aliphatic heterocycles. The first-order chi connectivity index (χ1) is 17.0. The van der Waals surface area contributed by atoms with Gasteiger partial charge in [0.25, 0.3) is 5.91 Å². The zero-order valence-corrected chi connectivity index (χ0v) is 19.8. The van der Waals surface area contributed by atoms with Crippen LogP contribution < -0.4 is 5.32 Å². The summed E-state index contributed by atoms with van der Waals surface area (Å²) in [5, 5.41) is 16.0. The van der Waals surface area contributed by atoms with Crippen LogP contribution in [0.5, 0.6) is 0 Å². The lowest BCUT2D eigenvalue weighted by Crippen LogP contribution is -2.36. The lowest BCUT2D eigenvalue weighted by molar-refractivity contribution is -0.137. The van der Waals surface area contributed by atoms with Crippen LogP contribution in [0.1, 0.15) is 64.3 Å². The first-order valence-electron chi connectivity index (χ1n) is 11.5. The Hall–Kier alpha value is -3.35. The molecule has 1 fully saturated rings. The summed E-state index contributed by atoms with van der Waals surface area (Å²) < 4.78 is 45.9. The maximum atomic E-state index is 13.0. The number of aliphatic hydroxyl groups is 1. The largest absolute Gasteiger partial charge is 0.419 e. The molecule has 9 nitrogen and oxygen atoms in total. The number of ether oxygens (including phenoxy) is 1. The van der Waals surface area contributed by atoms with Crippen LogP contribution in [0.2, 0.25) is 0 Å². The van der Waals surface area contributed by atoms with Crippen LogP contribution in [0.15, 0.2) is 36.9 Å². The van der Waals surface area contributed by atoms with E-state index >= 15 is 0 Å². The van der Waals surface area contributed by atoms with E-state index in [-0.39, 0.29) is 30.8 Å². The molecule has 0 saturated carbocycles. The van der Waals surface area contributed by atoms with Gasteiger partial charge in [-0.25, -0.2) is 9.67 Å². The zero-order chi connectivity index (χ0) is 25.8. The smallest absolute Gasteiger partial charge is 0.392 e. The number of carbonyl (C=O) groups excluding carboxylic acids is 1. The van der Waals surface area contributed by atoms with Crippen LogP contribution in [-0.4, -0.2) is 54.5 Å². The van der Waals surface area contributed by atoms with Crippen molar-refractivity contribution in [1.82, 2.24) is 30.0 Å². The second kappa shape index (κ2) is 8.95. The van der Waals surface area contributed by atoms with Crippen molar-refractivity contribution < 1.29 is 27.8 Å². The Labute approximate surface area is 204 Å². The fraction of sp³-hybridized carbons (Fsp3) is 0.417. The summed E-state index contributed by atoms with van der Waals surface area (Å²) in [6.45, 7) is 5.87. The summed E-state index contributed by atoms with van der Waals surface area (Å²) in [5.74, 6) is -0.0500. The van der Waals surface area contributed by atoms with Gasteiger partial charge in [-0.1, -0.05) is 0 Å². The monoisotopic (exact) mass is 502 g/mol. The summed E-state index contributed by atoms with van der Waals surface area (Å²) in [5.41, 5.74) is 2.66. The van der Waals surface area contributed by atoms with Crippen molar-refractivity contribution in [1.29, 1.82) is 0 Å². The highest BCUT2D eigenvalue weighted by Gasteiger charge is 2.51. The molecule has 5 heterocycles. The highest BCUT2D eigenvalue weighted by atomic mass is 19.4. The number of fused-ring (bicyclic) bond motifs is 3. The molecule has 4 atom stereocenters. The molecule has 2 N–H and O–H groups in total. The number of hydrogen-bond acceptors (Lipinski definition) is 7. The van der Waals surface area contributed by atoms with Gasteiger partial charge in [0.2, 0.25) is 0 Å². The summed E-state index contributed by atoms with van der Waals surface area (Å²) in [6.07, 6.45) is -0.609. The molecular formula is C24H25F3N6O3. The standard InChI is InChI=1S/C24H25F3N6O3/c1-12-6-15(8-29-21(12)33-10-16(9-31-33)24(25,26)27)14(3)32-11-18-17(20-23(32)36-20)4-5-28-19(18)22(35)30-7-13(2)34/h4-6,8-10,13-14,20,23,34H,7,11H2,1-3H3,(H,30,35)/t13-,14?,20?,23?/m1/s1. The molecule has 1 saturated heterocycles. The molecule has 0 bridgehead atoms. The quantitative estimate of drug-likeness (QED) is 0.499. The summed E-state index contributed by atoms with van der Waals surface area (Å²) >= 11 is 0. The van der Waals surface area contributed by atoms with E-state index in [1.54, 1.807) is 26.2 Å². The van der Waals surface area contributed by atoms with E-state index in [9.17, 15) is 23.1 Å². The van der Waals surface area contributed by atoms with Crippen molar-refractivity contribution in [2.24, 2.45) is 0 Å². The summed E-state index contributed by atoms with van der Waals surface area (Å²) in [7, 11) is 0. The highest BCUT2D eigenvalue weighted by molar-refractivity contribution is 5.94. The molecule has 3 aromatic rings. The molecule has 12 heteroatoms. The maximum Gasteiger partial charge on any atom is 0.419 e. The van der Waals surface area contributed by atoms with E-state index in [2.05, 4.69) is 25.3 Å². The predicted octanol–water partition coefficient (Wildman–Crippen LogP) is 3.07. The van der Waals surface area contributed by atoms with Gasteiger partial charge in [-0.15, -0.1) is 0 Å². The van der Waals surface area contributed by atoms with E-state index < -0.39 is 17.8 Å². The van der Waals surface area contributed by atoms with Crippen molar-refractivity contribution in [3.8, 4) is 5.82 Å². The Morgan fingerprint density at radius 3 is 2.75 bits per heavy atom.